The SMILES string of the molecule is CCCCCCCCOC(=O)N=CC(C)C. The predicted octanol–water partition coefficient (Wildman–Crippen LogP) is 4.21. The van der Waals surface area contributed by atoms with Crippen molar-refractivity contribution in [1.82, 2.24) is 0 Å². The second-order valence-corrected chi connectivity index (χ2v) is 4.40. The van der Waals surface area contributed by atoms with E-state index < -0.39 is 6.09 Å². The van der Waals surface area contributed by atoms with E-state index in [1.165, 1.54) is 25.7 Å². The molecule has 16 heavy (non-hydrogen) atoms. The standard InChI is InChI=1S/C13H25NO2/c1-4-5-6-7-8-9-10-16-13(15)14-11-12(2)3/h11-12H,4-10H2,1-3H3. The molecule has 0 saturated heterocycles. The second-order valence-electron chi connectivity index (χ2n) is 4.40. The number of ether oxygens (including phenoxy) is 1. The highest BCUT2D eigenvalue weighted by Gasteiger charge is 1.98. The Balaban J connectivity index is 3.28. The minimum atomic E-state index is -0.456. The molecule has 0 N–H and O–H groups in total. The Bertz CT molecular complexity index is 200. The molecular weight excluding hydrogens is 202 g/mol. The summed E-state index contributed by atoms with van der Waals surface area (Å²) < 4.78 is 4.96. The topological polar surface area (TPSA) is 38.7 Å². The van der Waals surface area contributed by atoms with Gasteiger partial charge in [0.05, 0.1) is 6.61 Å². The molecule has 0 fully saturated rings. The summed E-state index contributed by atoms with van der Waals surface area (Å²) in [6, 6.07) is 0. The van der Waals surface area contributed by atoms with Crippen LogP contribution in [0.5, 0.6) is 0 Å². The highest BCUT2D eigenvalue weighted by Crippen LogP contribution is 2.05. The van der Waals surface area contributed by atoms with Crippen molar-refractivity contribution >= 4 is 12.3 Å². The number of carbonyl (C=O) groups excluding carboxylic acids is 1. The van der Waals surface area contributed by atoms with Crippen LogP contribution in [0.4, 0.5) is 4.79 Å². The van der Waals surface area contributed by atoms with Gasteiger partial charge in [0.25, 0.3) is 0 Å². The molecule has 0 radical (unpaired) electrons. The number of unbranched alkanes of at least 4 members (excludes halogenated alkanes) is 5. The first-order valence-electron chi connectivity index (χ1n) is 6.37. The molecule has 0 aromatic heterocycles. The molecule has 0 aromatic rings. The van der Waals surface area contributed by atoms with Crippen molar-refractivity contribution in [3.8, 4) is 0 Å². The Labute approximate surface area is 99.3 Å². The first-order chi connectivity index (χ1) is 7.66. The number of hydrogen-bond acceptors (Lipinski definition) is 2. The van der Waals surface area contributed by atoms with E-state index in [0.717, 1.165) is 12.8 Å². The molecule has 0 aliphatic heterocycles. The van der Waals surface area contributed by atoms with Crippen LogP contribution in [0.3, 0.4) is 0 Å². The third-order valence-electron chi connectivity index (χ3n) is 2.20. The highest BCUT2D eigenvalue weighted by atomic mass is 16.5. The van der Waals surface area contributed by atoms with Crippen molar-refractivity contribution in [3.05, 3.63) is 0 Å². The Hall–Kier alpha value is -0.860. The Morgan fingerprint density at radius 1 is 1.19 bits per heavy atom. The zero-order valence-corrected chi connectivity index (χ0v) is 10.9. The first kappa shape index (κ1) is 15.1. The maximum absolute atomic E-state index is 11.1. The van der Waals surface area contributed by atoms with Crippen LogP contribution in [0.25, 0.3) is 0 Å². The van der Waals surface area contributed by atoms with Crippen LogP contribution in [0.1, 0.15) is 59.3 Å². The van der Waals surface area contributed by atoms with Crippen LogP contribution in [-0.2, 0) is 4.74 Å². The van der Waals surface area contributed by atoms with Crippen LogP contribution in [0, 0.1) is 5.92 Å². The third-order valence-corrected chi connectivity index (χ3v) is 2.20. The summed E-state index contributed by atoms with van der Waals surface area (Å²) in [4.78, 5) is 14.7. The molecule has 94 valence electrons. The van der Waals surface area contributed by atoms with E-state index in [1.807, 2.05) is 13.8 Å². The van der Waals surface area contributed by atoms with Gasteiger partial charge in [-0.25, -0.2) is 4.79 Å². The second kappa shape index (κ2) is 10.7. The van der Waals surface area contributed by atoms with E-state index in [2.05, 4.69) is 11.9 Å². The Kier molecular flexibility index (Phi) is 10.1. The molecule has 0 atom stereocenters. The molecule has 3 nitrogen and oxygen atoms in total. The molecule has 0 heterocycles. The van der Waals surface area contributed by atoms with Crippen LogP contribution < -0.4 is 0 Å². The van der Waals surface area contributed by atoms with Crippen molar-refractivity contribution < 1.29 is 9.53 Å². The summed E-state index contributed by atoms with van der Waals surface area (Å²) >= 11 is 0. The number of aliphatic imine (C=N–C) groups is 1. The highest BCUT2D eigenvalue weighted by molar-refractivity contribution is 5.79. The van der Waals surface area contributed by atoms with Gasteiger partial charge in [0.2, 0.25) is 0 Å². The van der Waals surface area contributed by atoms with E-state index in [0.29, 0.717) is 12.5 Å². The molecule has 0 aliphatic carbocycles. The molecule has 0 spiro atoms. The van der Waals surface area contributed by atoms with Crippen LogP contribution in [0.15, 0.2) is 4.99 Å². The number of hydrogen-bond donors (Lipinski definition) is 0. The van der Waals surface area contributed by atoms with Crippen LogP contribution in [-0.4, -0.2) is 18.9 Å². The zero-order chi connectivity index (χ0) is 12.2. The lowest BCUT2D eigenvalue weighted by Crippen LogP contribution is -2.02. The quantitative estimate of drug-likeness (QED) is 0.460. The van der Waals surface area contributed by atoms with Crippen LogP contribution in [0.2, 0.25) is 0 Å². The van der Waals surface area contributed by atoms with E-state index >= 15 is 0 Å². The van der Waals surface area contributed by atoms with Crippen LogP contribution >= 0.6 is 0 Å². The summed E-state index contributed by atoms with van der Waals surface area (Å²) in [5.74, 6) is 0.293. The fourth-order valence-corrected chi connectivity index (χ4v) is 1.29. The summed E-state index contributed by atoms with van der Waals surface area (Å²) in [5, 5.41) is 0. The number of nitrogens with zero attached hydrogens (tertiary/aromatic N) is 1. The average Bonchev–Trinajstić information content (AvgIpc) is 2.25. The van der Waals surface area contributed by atoms with E-state index in [-0.39, 0.29) is 0 Å². The number of carbonyl (C=O) groups is 1. The maximum atomic E-state index is 11.1. The Morgan fingerprint density at radius 2 is 1.81 bits per heavy atom. The summed E-state index contributed by atoms with van der Waals surface area (Å²) in [6.45, 7) is 6.66. The normalized spacial score (nSPS) is 11.2. The average molecular weight is 227 g/mol. The fraction of sp³-hybridized carbons (Fsp3) is 0.846. The molecule has 3 heteroatoms. The van der Waals surface area contributed by atoms with Gasteiger partial charge in [0.15, 0.2) is 0 Å². The van der Waals surface area contributed by atoms with E-state index in [9.17, 15) is 4.79 Å². The molecule has 0 unspecified atom stereocenters. The molecule has 0 rings (SSSR count). The van der Waals surface area contributed by atoms with Crippen molar-refractivity contribution in [3.63, 3.8) is 0 Å². The smallest absolute Gasteiger partial charge is 0.433 e. The van der Waals surface area contributed by atoms with Gasteiger partial charge in [-0.3, -0.25) is 0 Å². The lowest BCUT2D eigenvalue weighted by molar-refractivity contribution is 0.155. The molecule has 1 amide bonds. The van der Waals surface area contributed by atoms with E-state index in [1.54, 1.807) is 6.21 Å². The van der Waals surface area contributed by atoms with E-state index in [4.69, 9.17) is 4.74 Å². The maximum Gasteiger partial charge on any atom is 0.433 e. The monoisotopic (exact) mass is 227 g/mol. The Morgan fingerprint density at radius 3 is 2.44 bits per heavy atom. The van der Waals surface area contributed by atoms with Crippen molar-refractivity contribution in [2.45, 2.75) is 59.3 Å². The van der Waals surface area contributed by atoms with Crippen molar-refractivity contribution in [1.29, 1.82) is 0 Å². The lowest BCUT2D eigenvalue weighted by Gasteiger charge is -2.01. The van der Waals surface area contributed by atoms with Gasteiger partial charge in [-0.15, -0.1) is 0 Å². The third kappa shape index (κ3) is 11.2. The van der Waals surface area contributed by atoms with Gasteiger partial charge in [0.1, 0.15) is 0 Å². The zero-order valence-electron chi connectivity index (χ0n) is 10.9. The first-order valence-corrected chi connectivity index (χ1v) is 6.37. The molecule has 0 aliphatic rings. The van der Waals surface area contributed by atoms with Gasteiger partial charge in [-0.05, 0) is 12.3 Å². The number of rotatable bonds is 8. The molecule has 0 saturated carbocycles. The van der Waals surface area contributed by atoms with Gasteiger partial charge in [-0.1, -0.05) is 52.9 Å². The summed E-state index contributed by atoms with van der Waals surface area (Å²) in [5.41, 5.74) is 0. The molecular formula is C13H25NO2. The van der Waals surface area contributed by atoms with Crippen molar-refractivity contribution in [2.75, 3.05) is 6.61 Å². The minimum absolute atomic E-state index is 0.293. The minimum Gasteiger partial charge on any atom is -0.448 e. The van der Waals surface area contributed by atoms with Gasteiger partial charge < -0.3 is 4.74 Å². The summed E-state index contributed by atoms with van der Waals surface area (Å²) in [6.07, 6.45) is 8.34. The number of amides is 1. The molecule has 0 aromatic carbocycles. The van der Waals surface area contributed by atoms with Gasteiger partial charge >= 0.3 is 6.09 Å². The van der Waals surface area contributed by atoms with Gasteiger partial charge in [-0.2, -0.15) is 4.99 Å². The fourth-order valence-electron chi connectivity index (χ4n) is 1.29. The van der Waals surface area contributed by atoms with Crippen molar-refractivity contribution in [2.24, 2.45) is 10.9 Å². The van der Waals surface area contributed by atoms with Gasteiger partial charge in [0, 0.05) is 6.21 Å². The predicted molar refractivity (Wildman–Crippen MR) is 68.1 cm³/mol. The summed E-state index contributed by atoms with van der Waals surface area (Å²) in [7, 11) is 0. The lowest BCUT2D eigenvalue weighted by atomic mass is 10.1. The largest absolute Gasteiger partial charge is 0.448 e. The molecule has 0 bridgehead atoms.